The van der Waals surface area contributed by atoms with E-state index in [1.807, 2.05) is 11.8 Å². The molecule has 94 valence electrons. The van der Waals surface area contributed by atoms with E-state index >= 15 is 0 Å². The van der Waals surface area contributed by atoms with Gasteiger partial charge in [-0.1, -0.05) is 33.8 Å². The summed E-state index contributed by atoms with van der Waals surface area (Å²) in [5.41, 5.74) is 5.23. The van der Waals surface area contributed by atoms with E-state index < -0.39 is 0 Å². The van der Waals surface area contributed by atoms with Crippen molar-refractivity contribution >= 4 is 27.7 Å². The summed E-state index contributed by atoms with van der Waals surface area (Å²) in [7, 11) is 0. The van der Waals surface area contributed by atoms with E-state index in [4.69, 9.17) is 0 Å². The zero-order valence-corrected chi connectivity index (χ0v) is 13.6. The first-order valence-corrected chi connectivity index (χ1v) is 7.59. The van der Waals surface area contributed by atoms with Gasteiger partial charge in [0, 0.05) is 14.3 Å². The minimum absolute atomic E-state index is 1.22. The van der Waals surface area contributed by atoms with E-state index in [0.717, 1.165) is 0 Å². The first kappa shape index (κ1) is 13.7. The standard InChI is InChI=1S/C16H17BrS/c1-10-5-11(2)7-14(6-10)18-15-8-12(3)16(17)13(4)9-15/h5-9H,1-4H3. The third-order valence-electron chi connectivity index (χ3n) is 2.84. The summed E-state index contributed by atoms with van der Waals surface area (Å²) in [5.74, 6) is 0. The Hall–Kier alpha value is -0.730. The van der Waals surface area contributed by atoms with Gasteiger partial charge in [0.2, 0.25) is 0 Å². The molecule has 0 aliphatic heterocycles. The van der Waals surface area contributed by atoms with Gasteiger partial charge in [-0.15, -0.1) is 0 Å². The maximum atomic E-state index is 3.61. The Bertz CT molecular complexity index is 544. The lowest BCUT2D eigenvalue weighted by Gasteiger charge is -2.09. The molecule has 0 amide bonds. The van der Waals surface area contributed by atoms with Crippen LogP contribution in [0.3, 0.4) is 0 Å². The summed E-state index contributed by atoms with van der Waals surface area (Å²) in [6.07, 6.45) is 0. The molecule has 2 aromatic carbocycles. The number of hydrogen-bond donors (Lipinski definition) is 0. The van der Waals surface area contributed by atoms with Crippen LogP contribution in [0.5, 0.6) is 0 Å². The van der Waals surface area contributed by atoms with Gasteiger partial charge in [0.05, 0.1) is 0 Å². The topological polar surface area (TPSA) is 0 Å². The molecule has 2 aromatic rings. The van der Waals surface area contributed by atoms with Crippen LogP contribution in [0.25, 0.3) is 0 Å². The highest BCUT2D eigenvalue weighted by Crippen LogP contribution is 2.33. The fourth-order valence-corrected chi connectivity index (χ4v) is 3.56. The van der Waals surface area contributed by atoms with Crippen LogP contribution in [0, 0.1) is 27.7 Å². The van der Waals surface area contributed by atoms with Crippen LogP contribution in [0.4, 0.5) is 0 Å². The summed E-state index contributed by atoms with van der Waals surface area (Å²) in [5, 5.41) is 0. The zero-order chi connectivity index (χ0) is 13.3. The Morgan fingerprint density at radius 2 is 1.17 bits per heavy atom. The molecule has 2 rings (SSSR count). The summed E-state index contributed by atoms with van der Waals surface area (Å²) in [6, 6.07) is 11.2. The lowest BCUT2D eigenvalue weighted by molar-refractivity contribution is 1.25. The van der Waals surface area contributed by atoms with E-state index in [9.17, 15) is 0 Å². The summed E-state index contributed by atoms with van der Waals surface area (Å²) in [6.45, 7) is 8.58. The maximum absolute atomic E-state index is 3.61. The molecule has 18 heavy (non-hydrogen) atoms. The van der Waals surface area contributed by atoms with Crippen molar-refractivity contribution in [3.8, 4) is 0 Å². The lowest BCUT2D eigenvalue weighted by atomic mass is 10.2. The first-order valence-electron chi connectivity index (χ1n) is 5.98. The highest BCUT2D eigenvalue weighted by Gasteiger charge is 2.04. The molecule has 0 heterocycles. The molecule has 0 atom stereocenters. The van der Waals surface area contributed by atoms with Gasteiger partial charge in [-0.3, -0.25) is 0 Å². The first-order chi connectivity index (χ1) is 8.45. The van der Waals surface area contributed by atoms with Crippen LogP contribution in [0.15, 0.2) is 44.6 Å². The molecule has 0 nitrogen and oxygen atoms in total. The van der Waals surface area contributed by atoms with Crippen molar-refractivity contribution in [2.45, 2.75) is 37.5 Å². The Morgan fingerprint density at radius 1 is 0.722 bits per heavy atom. The SMILES string of the molecule is Cc1cc(C)cc(Sc2cc(C)c(Br)c(C)c2)c1. The minimum atomic E-state index is 1.22. The predicted octanol–water partition coefficient (Wildman–Crippen LogP) is 5.83. The zero-order valence-electron chi connectivity index (χ0n) is 11.2. The summed E-state index contributed by atoms with van der Waals surface area (Å²) in [4.78, 5) is 2.62. The third kappa shape index (κ3) is 3.18. The van der Waals surface area contributed by atoms with Crippen LogP contribution in [0.2, 0.25) is 0 Å². The monoisotopic (exact) mass is 320 g/mol. The summed E-state index contributed by atoms with van der Waals surface area (Å²) >= 11 is 5.44. The third-order valence-corrected chi connectivity index (χ3v) is 5.03. The highest BCUT2D eigenvalue weighted by molar-refractivity contribution is 9.10. The fraction of sp³-hybridized carbons (Fsp3) is 0.250. The molecule has 0 aliphatic carbocycles. The maximum Gasteiger partial charge on any atom is 0.0234 e. The molecule has 0 aliphatic rings. The second-order valence-electron chi connectivity index (χ2n) is 4.80. The van der Waals surface area contributed by atoms with E-state index in [-0.39, 0.29) is 0 Å². The second-order valence-corrected chi connectivity index (χ2v) is 6.74. The Kier molecular flexibility index (Phi) is 4.18. The van der Waals surface area contributed by atoms with E-state index in [1.165, 1.54) is 36.5 Å². The quantitative estimate of drug-likeness (QED) is 0.670. The molecule has 0 saturated carbocycles. The van der Waals surface area contributed by atoms with Crippen LogP contribution >= 0.6 is 27.7 Å². The predicted molar refractivity (Wildman–Crippen MR) is 83.7 cm³/mol. The molecule has 0 aromatic heterocycles. The lowest BCUT2D eigenvalue weighted by Crippen LogP contribution is -1.85. The van der Waals surface area contributed by atoms with Crippen molar-refractivity contribution in [1.82, 2.24) is 0 Å². The molecular weight excluding hydrogens is 304 g/mol. The Labute approximate surface area is 122 Å². The van der Waals surface area contributed by atoms with Crippen LogP contribution in [-0.2, 0) is 0 Å². The Morgan fingerprint density at radius 3 is 1.67 bits per heavy atom. The molecule has 0 N–H and O–H groups in total. The molecule has 2 heteroatoms. The second kappa shape index (κ2) is 5.50. The molecule has 0 saturated heterocycles. The molecule has 0 unspecified atom stereocenters. The molecule has 0 bridgehead atoms. The smallest absolute Gasteiger partial charge is 0.0234 e. The van der Waals surface area contributed by atoms with Crippen molar-refractivity contribution in [3.63, 3.8) is 0 Å². The average Bonchev–Trinajstić information content (AvgIpc) is 2.24. The number of rotatable bonds is 2. The number of halogens is 1. The molecule has 0 fully saturated rings. The van der Waals surface area contributed by atoms with E-state index in [1.54, 1.807) is 0 Å². The van der Waals surface area contributed by atoms with Crippen molar-refractivity contribution in [2.24, 2.45) is 0 Å². The van der Waals surface area contributed by atoms with Crippen LogP contribution in [0.1, 0.15) is 22.3 Å². The number of hydrogen-bond acceptors (Lipinski definition) is 1. The number of benzene rings is 2. The Balaban J connectivity index is 2.34. The van der Waals surface area contributed by atoms with Crippen molar-refractivity contribution in [2.75, 3.05) is 0 Å². The van der Waals surface area contributed by atoms with Crippen molar-refractivity contribution < 1.29 is 0 Å². The van der Waals surface area contributed by atoms with Gasteiger partial charge in [0.25, 0.3) is 0 Å². The highest BCUT2D eigenvalue weighted by atomic mass is 79.9. The molecule has 0 radical (unpaired) electrons. The number of aryl methyl sites for hydroxylation is 4. The molecular formula is C16H17BrS. The fourth-order valence-electron chi connectivity index (χ4n) is 2.09. The molecule has 0 spiro atoms. The van der Waals surface area contributed by atoms with Gasteiger partial charge in [-0.2, -0.15) is 0 Å². The minimum Gasteiger partial charge on any atom is -0.0901 e. The van der Waals surface area contributed by atoms with Gasteiger partial charge in [0.15, 0.2) is 0 Å². The van der Waals surface area contributed by atoms with Gasteiger partial charge < -0.3 is 0 Å². The largest absolute Gasteiger partial charge is 0.0901 e. The average molecular weight is 321 g/mol. The van der Waals surface area contributed by atoms with Gasteiger partial charge in [-0.25, -0.2) is 0 Å². The van der Waals surface area contributed by atoms with Gasteiger partial charge >= 0.3 is 0 Å². The van der Waals surface area contributed by atoms with Crippen molar-refractivity contribution in [1.29, 1.82) is 0 Å². The van der Waals surface area contributed by atoms with Gasteiger partial charge in [-0.05, 0) is 74.2 Å². The van der Waals surface area contributed by atoms with Gasteiger partial charge in [0.1, 0.15) is 0 Å². The van der Waals surface area contributed by atoms with Crippen molar-refractivity contribution in [3.05, 3.63) is 57.1 Å². The van der Waals surface area contributed by atoms with E-state index in [0.29, 0.717) is 0 Å². The normalized spacial score (nSPS) is 10.7. The van der Waals surface area contributed by atoms with E-state index in [2.05, 4.69) is 74.0 Å². The van der Waals surface area contributed by atoms with Crippen LogP contribution < -0.4 is 0 Å². The van der Waals surface area contributed by atoms with Crippen LogP contribution in [-0.4, -0.2) is 0 Å². The summed E-state index contributed by atoms with van der Waals surface area (Å²) < 4.78 is 1.22.